The van der Waals surface area contributed by atoms with Crippen LogP contribution >= 0.6 is 22.6 Å². The number of carbonyl (C=O) groups is 2. The van der Waals surface area contributed by atoms with E-state index in [4.69, 9.17) is 4.74 Å². The van der Waals surface area contributed by atoms with Crippen molar-refractivity contribution in [2.24, 2.45) is 0 Å². The molecule has 0 bridgehead atoms. The van der Waals surface area contributed by atoms with Crippen LogP contribution in [0.5, 0.6) is 0 Å². The van der Waals surface area contributed by atoms with Gasteiger partial charge in [0, 0.05) is 4.43 Å². The molecule has 3 amide bonds. The van der Waals surface area contributed by atoms with Crippen molar-refractivity contribution >= 4 is 34.5 Å². The highest BCUT2D eigenvalue weighted by molar-refractivity contribution is 14.1. The van der Waals surface area contributed by atoms with Crippen molar-refractivity contribution in [3.05, 3.63) is 35.9 Å². The van der Waals surface area contributed by atoms with Crippen LogP contribution in [0, 0.1) is 0 Å². The summed E-state index contributed by atoms with van der Waals surface area (Å²) in [5, 5.41) is 2.41. The minimum atomic E-state index is -0.483. The second kappa shape index (κ2) is 5.09. The van der Waals surface area contributed by atoms with E-state index in [0.29, 0.717) is 6.54 Å². The number of ether oxygens (including phenoxy) is 1. The standard InChI is InChI=1S/C13H13IN2O3/c14-6-9-7-16-12(19-9)10(11(17)15-13(16)18)8-4-2-1-3-5-8/h1-5,9-10,12H,6-7H2,(H,15,17,18)/t9-,10-,12-/m0/s1. The Hall–Kier alpha value is -1.15. The fourth-order valence-corrected chi connectivity index (χ4v) is 3.03. The first-order chi connectivity index (χ1) is 9.20. The number of rotatable bonds is 2. The molecule has 2 heterocycles. The zero-order valence-electron chi connectivity index (χ0n) is 10.1. The molecule has 0 saturated carbocycles. The summed E-state index contributed by atoms with van der Waals surface area (Å²) in [6, 6.07) is 9.09. The minimum absolute atomic E-state index is 0.00605. The monoisotopic (exact) mass is 372 g/mol. The van der Waals surface area contributed by atoms with E-state index in [1.807, 2.05) is 30.3 Å². The van der Waals surface area contributed by atoms with Gasteiger partial charge < -0.3 is 4.74 Å². The molecule has 1 aromatic carbocycles. The number of hydrogen-bond donors (Lipinski definition) is 1. The number of alkyl halides is 1. The fourth-order valence-electron chi connectivity index (χ4n) is 2.54. The van der Waals surface area contributed by atoms with Crippen LogP contribution in [-0.4, -0.2) is 40.1 Å². The van der Waals surface area contributed by atoms with Crippen molar-refractivity contribution in [3.63, 3.8) is 0 Å². The van der Waals surface area contributed by atoms with Crippen molar-refractivity contribution < 1.29 is 14.3 Å². The second-order valence-corrected chi connectivity index (χ2v) is 5.52. The molecule has 2 saturated heterocycles. The van der Waals surface area contributed by atoms with Gasteiger partial charge in [-0.3, -0.25) is 15.0 Å². The summed E-state index contributed by atoms with van der Waals surface area (Å²) in [5.74, 6) is -0.738. The quantitative estimate of drug-likeness (QED) is 0.632. The third kappa shape index (κ3) is 2.23. The van der Waals surface area contributed by atoms with Gasteiger partial charge in [0.25, 0.3) is 0 Å². The van der Waals surface area contributed by atoms with Crippen LogP contribution in [0.1, 0.15) is 11.5 Å². The Morgan fingerprint density at radius 2 is 2.05 bits per heavy atom. The number of hydrogen-bond acceptors (Lipinski definition) is 3. The number of nitrogens with zero attached hydrogens (tertiary/aromatic N) is 1. The molecule has 0 spiro atoms. The Morgan fingerprint density at radius 3 is 2.74 bits per heavy atom. The van der Waals surface area contributed by atoms with Gasteiger partial charge >= 0.3 is 6.03 Å². The van der Waals surface area contributed by atoms with Gasteiger partial charge in [0.2, 0.25) is 5.91 Å². The molecule has 0 radical (unpaired) electrons. The molecular formula is C13H13IN2O3. The molecule has 0 unspecified atom stereocenters. The summed E-state index contributed by atoms with van der Waals surface area (Å²) in [6.45, 7) is 0.538. The van der Waals surface area contributed by atoms with Crippen molar-refractivity contribution in [1.82, 2.24) is 10.2 Å². The number of nitrogens with one attached hydrogen (secondary N) is 1. The van der Waals surface area contributed by atoms with Crippen LogP contribution in [-0.2, 0) is 9.53 Å². The third-order valence-electron chi connectivity index (χ3n) is 3.43. The number of urea groups is 1. The third-order valence-corrected chi connectivity index (χ3v) is 4.41. The lowest BCUT2D eigenvalue weighted by Gasteiger charge is -2.34. The average molecular weight is 372 g/mol. The number of carbonyl (C=O) groups excluding carboxylic acids is 2. The Morgan fingerprint density at radius 1 is 1.32 bits per heavy atom. The van der Waals surface area contributed by atoms with E-state index >= 15 is 0 Å². The maximum absolute atomic E-state index is 12.1. The molecule has 3 atom stereocenters. The van der Waals surface area contributed by atoms with Gasteiger partial charge in [-0.25, -0.2) is 4.79 Å². The van der Waals surface area contributed by atoms with E-state index in [1.165, 1.54) is 0 Å². The van der Waals surface area contributed by atoms with Crippen LogP contribution in [0.3, 0.4) is 0 Å². The van der Waals surface area contributed by atoms with Gasteiger partial charge in [0.05, 0.1) is 12.6 Å². The topological polar surface area (TPSA) is 58.6 Å². The number of imide groups is 1. The van der Waals surface area contributed by atoms with Crippen molar-refractivity contribution in [2.75, 3.05) is 11.0 Å². The highest BCUT2D eigenvalue weighted by Gasteiger charge is 2.48. The summed E-state index contributed by atoms with van der Waals surface area (Å²) in [4.78, 5) is 25.6. The second-order valence-electron chi connectivity index (χ2n) is 4.64. The number of amides is 3. The van der Waals surface area contributed by atoms with Crippen LogP contribution in [0.4, 0.5) is 4.79 Å². The number of halogens is 1. The Balaban J connectivity index is 1.94. The van der Waals surface area contributed by atoms with Crippen molar-refractivity contribution in [3.8, 4) is 0 Å². The molecule has 1 N–H and O–H groups in total. The summed E-state index contributed by atoms with van der Waals surface area (Å²) < 4.78 is 6.66. The molecule has 100 valence electrons. The lowest BCUT2D eigenvalue weighted by molar-refractivity contribution is -0.129. The molecule has 2 fully saturated rings. The zero-order chi connectivity index (χ0) is 13.4. The first-order valence-electron chi connectivity index (χ1n) is 6.08. The van der Waals surface area contributed by atoms with Crippen LogP contribution in [0.15, 0.2) is 30.3 Å². The number of fused-ring (bicyclic) bond motifs is 1. The lowest BCUT2D eigenvalue weighted by atomic mass is 9.94. The first-order valence-corrected chi connectivity index (χ1v) is 7.61. The molecule has 3 rings (SSSR count). The summed E-state index contributed by atoms with van der Waals surface area (Å²) in [7, 11) is 0. The van der Waals surface area contributed by atoms with Crippen LogP contribution < -0.4 is 5.32 Å². The molecule has 5 nitrogen and oxygen atoms in total. The highest BCUT2D eigenvalue weighted by Crippen LogP contribution is 2.33. The van der Waals surface area contributed by atoms with Gasteiger partial charge in [-0.15, -0.1) is 0 Å². The number of benzene rings is 1. The molecule has 0 aliphatic carbocycles. The predicted molar refractivity (Wildman–Crippen MR) is 77.0 cm³/mol. The van der Waals surface area contributed by atoms with E-state index < -0.39 is 12.1 Å². The molecule has 19 heavy (non-hydrogen) atoms. The SMILES string of the molecule is O=C1NC(=O)N2C[C@H](CI)O[C@H]2[C@H]1c1ccccc1. The maximum atomic E-state index is 12.1. The molecule has 1 aromatic rings. The molecule has 2 aliphatic heterocycles. The van der Waals surface area contributed by atoms with E-state index in [-0.39, 0.29) is 18.0 Å². The predicted octanol–water partition coefficient (Wildman–Crippen LogP) is 1.48. The van der Waals surface area contributed by atoms with Crippen molar-refractivity contribution in [1.29, 1.82) is 0 Å². The van der Waals surface area contributed by atoms with Gasteiger partial charge in [-0.05, 0) is 5.56 Å². The van der Waals surface area contributed by atoms with Gasteiger partial charge in [0.1, 0.15) is 12.1 Å². The van der Waals surface area contributed by atoms with Crippen LogP contribution in [0.25, 0.3) is 0 Å². The maximum Gasteiger partial charge on any atom is 0.326 e. The summed E-state index contributed by atoms with van der Waals surface area (Å²) >= 11 is 2.23. The molecule has 6 heteroatoms. The van der Waals surface area contributed by atoms with Gasteiger partial charge in [0.15, 0.2) is 0 Å². The Kier molecular flexibility index (Phi) is 3.44. The van der Waals surface area contributed by atoms with E-state index in [1.54, 1.807) is 4.90 Å². The smallest absolute Gasteiger partial charge is 0.326 e. The van der Waals surface area contributed by atoms with Gasteiger partial charge in [-0.1, -0.05) is 52.9 Å². The first kappa shape index (κ1) is 12.9. The molecular weight excluding hydrogens is 359 g/mol. The summed E-state index contributed by atoms with van der Waals surface area (Å²) in [6.07, 6.45) is -0.489. The van der Waals surface area contributed by atoms with Crippen molar-refractivity contribution in [2.45, 2.75) is 18.2 Å². The normalized spacial score (nSPS) is 30.2. The van der Waals surface area contributed by atoms with E-state index in [0.717, 1.165) is 9.99 Å². The zero-order valence-corrected chi connectivity index (χ0v) is 12.2. The average Bonchev–Trinajstić information content (AvgIpc) is 2.84. The van der Waals surface area contributed by atoms with Crippen LogP contribution in [0.2, 0.25) is 0 Å². The largest absolute Gasteiger partial charge is 0.351 e. The molecule has 0 aromatic heterocycles. The van der Waals surface area contributed by atoms with E-state index in [2.05, 4.69) is 27.9 Å². The van der Waals surface area contributed by atoms with Gasteiger partial charge in [-0.2, -0.15) is 0 Å². The van der Waals surface area contributed by atoms with E-state index in [9.17, 15) is 9.59 Å². The lowest BCUT2D eigenvalue weighted by Crippen LogP contribution is -2.56. The Bertz CT molecular complexity index is 508. The molecule has 2 aliphatic rings. The Labute approximate surface area is 124 Å². The fraction of sp³-hybridized carbons (Fsp3) is 0.385. The highest BCUT2D eigenvalue weighted by atomic mass is 127. The summed E-state index contributed by atoms with van der Waals surface area (Å²) in [5.41, 5.74) is 0.872. The minimum Gasteiger partial charge on any atom is -0.351 e.